The van der Waals surface area contributed by atoms with Crippen molar-refractivity contribution >= 4 is 41.0 Å². The van der Waals surface area contributed by atoms with E-state index in [1.54, 1.807) is 38.1 Å². The van der Waals surface area contributed by atoms with E-state index in [1.807, 2.05) is 12.1 Å². The number of rotatable bonds is 7. The van der Waals surface area contributed by atoms with Crippen LogP contribution in [0.4, 0.5) is 5.82 Å². The molecule has 0 aliphatic heterocycles. The van der Waals surface area contributed by atoms with Gasteiger partial charge in [0.15, 0.2) is 5.82 Å². The van der Waals surface area contributed by atoms with Crippen molar-refractivity contribution in [2.45, 2.75) is 25.4 Å². The van der Waals surface area contributed by atoms with Gasteiger partial charge in [0.05, 0.1) is 5.75 Å². The summed E-state index contributed by atoms with van der Waals surface area (Å²) >= 11 is 7.10. The summed E-state index contributed by atoms with van der Waals surface area (Å²) in [5.41, 5.74) is 0.979. The quantitative estimate of drug-likeness (QED) is 0.723. The first-order valence-electron chi connectivity index (χ1n) is 7.72. The van der Waals surface area contributed by atoms with Gasteiger partial charge in [-0.15, -0.1) is 10.2 Å². The van der Waals surface area contributed by atoms with E-state index in [9.17, 15) is 9.59 Å². The molecule has 0 bridgehead atoms. The minimum atomic E-state index is -0.125. The third-order valence-electron chi connectivity index (χ3n) is 3.17. The second kappa shape index (κ2) is 9.39. The van der Waals surface area contributed by atoms with Crippen LogP contribution in [0.25, 0.3) is 0 Å². The fraction of sp³-hybridized carbons (Fsp3) is 0.294. The van der Waals surface area contributed by atoms with Crippen molar-refractivity contribution < 1.29 is 9.59 Å². The molecule has 0 saturated heterocycles. The van der Waals surface area contributed by atoms with Gasteiger partial charge in [-0.25, -0.2) is 0 Å². The van der Waals surface area contributed by atoms with Gasteiger partial charge in [-0.2, -0.15) is 0 Å². The summed E-state index contributed by atoms with van der Waals surface area (Å²) in [5, 5.41) is 14.7. The molecule has 0 radical (unpaired) electrons. The third-order valence-corrected chi connectivity index (χ3v) is 4.34. The number of nitrogens with one attached hydrogen (secondary N) is 2. The Balaban J connectivity index is 1.75. The van der Waals surface area contributed by atoms with Crippen LogP contribution < -0.4 is 10.6 Å². The standard InChI is InChI=1S/C17H19ClN4O2S/c1-11(2)17(24)20-14-7-8-16(22-21-14)25-10-15(23)19-9-12-3-5-13(18)6-4-12/h3-8,11H,9-10H2,1-2H3,(H,19,23)(H,20,21,24). The van der Waals surface area contributed by atoms with E-state index in [1.165, 1.54) is 11.8 Å². The highest BCUT2D eigenvalue weighted by Crippen LogP contribution is 2.15. The Morgan fingerprint density at radius 3 is 2.44 bits per heavy atom. The number of hydrogen-bond acceptors (Lipinski definition) is 5. The first-order valence-corrected chi connectivity index (χ1v) is 9.09. The molecule has 2 N–H and O–H groups in total. The molecule has 0 unspecified atom stereocenters. The number of carbonyl (C=O) groups is 2. The average Bonchev–Trinajstić information content (AvgIpc) is 2.60. The Kier molecular flexibility index (Phi) is 7.21. The van der Waals surface area contributed by atoms with E-state index in [2.05, 4.69) is 20.8 Å². The van der Waals surface area contributed by atoms with Crippen LogP contribution in [0.15, 0.2) is 41.4 Å². The number of anilines is 1. The zero-order valence-corrected chi connectivity index (χ0v) is 15.5. The van der Waals surface area contributed by atoms with Crippen molar-refractivity contribution in [2.24, 2.45) is 5.92 Å². The SMILES string of the molecule is CC(C)C(=O)Nc1ccc(SCC(=O)NCc2ccc(Cl)cc2)nn1. The van der Waals surface area contributed by atoms with Gasteiger partial charge in [-0.05, 0) is 29.8 Å². The summed E-state index contributed by atoms with van der Waals surface area (Å²) in [4.78, 5) is 23.5. The first-order chi connectivity index (χ1) is 11.9. The molecular formula is C17H19ClN4O2S. The smallest absolute Gasteiger partial charge is 0.230 e. The Morgan fingerprint density at radius 2 is 1.84 bits per heavy atom. The van der Waals surface area contributed by atoms with Crippen molar-refractivity contribution in [3.8, 4) is 0 Å². The van der Waals surface area contributed by atoms with E-state index in [4.69, 9.17) is 11.6 Å². The van der Waals surface area contributed by atoms with Gasteiger partial charge >= 0.3 is 0 Å². The number of amides is 2. The van der Waals surface area contributed by atoms with Crippen LogP contribution >= 0.6 is 23.4 Å². The number of halogens is 1. The zero-order chi connectivity index (χ0) is 18.2. The Labute approximate surface area is 155 Å². The number of aromatic nitrogens is 2. The van der Waals surface area contributed by atoms with Crippen molar-refractivity contribution in [1.29, 1.82) is 0 Å². The molecule has 0 saturated carbocycles. The topological polar surface area (TPSA) is 84.0 Å². The van der Waals surface area contributed by atoms with E-state index in [0.717, 1.165) is 5.56 Å². The molecule has 0 aliphatic rings. The molecule has 0 atom stereocenters. The summed E-state index contributed by atoms with van der Waals surface area (Å²) in [7, 11) is 0. The molecule has 2 amide bonds. The van der Waals surface area contributed by atoms with Crippen LogP contribution in [0.2, 0.25) is 5.02 Å². The number of carbonyl (C=O) groups excluding carboxylic acids is 2. The van der Waals surface area contributed by atoms with E-state index >= 15 is 0 Å². The van der Waals surface area contributed by atoms with Gasteiger partial charge in [-0.1, -0.05) is 49.3 Å². The molecule has 0 aliphatic carbocycles. The van der Waals surface area contributed by atoms with Crippen LogP contribution in [0.1, 0.15) is 19.4 Å². The molecule has 1 heterocycles. The second-order valence-electron chi connectivity index (χ2n) is 5.59. The lowest BCUT2D eigenvalue weighted by Gasteiger charge is -2.07. The second-order valence-corrected chi connectivity index (χ2v) is 7.02. The molecule has 8 heteroatoms. The molecule has 0 spiro atoms. The number of thioether (sulfide) groups is 1. The highest BCUT2D eigenvalue weighted by molar-refractivity contribution is 7.99. The molecule has 0 fully saturated rings. The van der Waals surface area contributed by atoms with Crippen molar-refractivity contribution in [1.82, 2.24) is 15.5 Å². The number of nitrogens with zero attached hydrogens (tertiary/aromatic N) is 2. The lowest BCUT2D eigenvalue weighted by Crippen LogP contribution is -2.24. The maximum atomic E-state index is 11.9. The molecule has 2 rings (SSSR count). The monoisotopic (exact) mass is 378 g/mol. The number of hydrogen-bond donors (Lipinski definition) is 2. The summed E-state index contributed by atoms with van der Waals surface area (Å²) in [6.07, 6.45) is 0. The summed E-state index contributed by atoms with van der Waals surface area (Å²) in [6, 6.07) is 10.7. The minimum Gasteiger partial charge on any atom is -0.351 e. The normalized spacial score (nSPS) is 10.6. The predicted molar refractivity (Wildman–Crippen MR) is 99.5 cm³/mol. The molecule has 1 aromatic carbocycles. The van der Waals surface area contributed by atoms with Gasteiger partial charge in [-0.3, -0.25) is 9.59 Å². The zero-order valence-electron chi connectivity index (χ0n) is 14.0. The van der Waals surface area contributed by atoms with Gasteiger partial charge in [0.2, 0.25) is 11.8 Å². The van der Waals surface area contributed by atoms with Crippen LogP contribution in [-0.4, -0.2) is 27.8 Å². The highest BCUT2D eigenvalue weighted by atomic mass is 35.5. The molecule has 2 aromatic rings. The minimum absolute atomic E-state index is 0.0982. The Bertz CT molecular complexity index is 720. The fourth-order valence-electron chi connectivity index (χ4n) is 1.73. The van der Waals surface area contributed by atoms with Gasteiger partial charge in [0, 0.05) is 17.5 Å². The fourth-order valence-corrected chi connectivity index (χ4v) is 2.50. The summed E-state index contributed by atoms with van der Waals surface area (Å²) in [6.45, 7) is 4.05. The molecule has 132 valence electrons. The van der Waals surface area contributed by atoms with Gasteiger partial charge in [0.1, 0.15) is 5.03 Å². The van der Waals surface area contributed by atoms with Crippen molar-refractivity contribution in [2.75, 3.05) is 11.1 Å². The van der Waals surface area contributed by atoms with Crippen molar-refractivity contribution in [3.05, 3.63) is 47.0 Å². The lowest BCUT2D eigenvalue weighted by atomic mass is 10.2. The predicted octanol–water partition coefficient (Wildman–Crippen LogP) is 3.13. The molecule has 25 heavy (non-hydrogen) atoms. The molecule has 6 nitrogen and oxygen atoms in total. The summed E-state index contributed by atoms with van der Waals surface area (Å²) < 4.78 is 0. The number of benzene rings is 1. The maximum Gasteiger partial charge on any atom is 0.230 e. The van der Waals surface area contributed by atoms with Crippen LogP contribution in [0.5, 0.6) is 0 Å². The van der Waals surface area contributed by atoms with Gasteiger partial charge < -0.3 is 10.6 Å². The van der Waals surface area contributed by atoms with E-state index in [-0.39, 0.29) is 23.5 Å². The Hall–Kier alpha value is -2.12. The van der Waals surface area contributed by atoms with E-state index in [0.29, 0.717) is 22.4 Å². The third kappa shape index (κ3) is 6.72. The van der Waals surface area contributed by atoms with Crippen LogP contribution in [-0.2, 0) is 16.1 Å². The first kappa shape index (κ1) is 19.2. The highest BCUT2D eigenvalue weighted by Gasteiger charge is 2.09. The van der Waals surface area contributed by atoms with E-state index < -0.39 is 0 Å². The van der Waals surface area contributed by atoms with Crippen LogP contribution in [0.3, 0.4) is 0 Å². The van der Waals surface area contributed by atoms with Crippen molar-refractivity contribution in [3.63, 3.8) is 0 Å². The largest absolute Gasteiger partial charge is 0.351 e. The van der Waals surface area contributed by atoms with Crippen LogP contribution in [0, 0.1) is 5.92 Å². The summed E-state index contributed by atoms with van der Waals surface area (Å²) in [5.74, 6) is 0.297. The molecule has 1 aromatic heterocycles. The Morgan fingerprint density at radius 1 is 1.12 bits per heavy atom. The molecular weight excluding hydrogens is 360 g/mol. The van der Waals surface area contributed by atoms with Gasteiger partial charge in [0.25, 0.3) is 0 Å². The maximum absolute atomic E-state index is 11.9. The lowest BCUT2D eigenvalue weighted by molar-refractivity contribution is -0.119. The average molecular weight is 379 g/mol.